The molecule has 0 fully saturated rings. The molecular weight excluding hydrogens is 242 g/mol. The molecule has 0 aliphatic rings. The van der Waals surface area contributed by atoms with Crippen molar-refractivity contribution < 1.29 is 4.42 Å². The quantitative estimate of drug-likeness (QED) is 0.889. The lowest BCUT2D eigenvalue weighted by molar-refractivity contribution is 0.481. The van der Waals surface area contributed by atoms with Crippen LogP contribution >= 0.6 is 11.8 Å². The molecule has 0 bridgehead atoms. The van der Waals surface area contributed by atoms with Gasteiger partial charge in [-0.1, -0.05) is 29.8 Å². The van der Waals surface area contributed by atoms with Crippen molar-refractivity contribution in [2.75, 3.05) is 6.54 Å². The van der Waals surface area contributed by atoms with Gasteiger partial charge in [0.25, 0.3) is 0 Å². The van der Waals surface area contributed by atoms with E-state index in [9.17, 15) is 0 Å². The molecule has 0 aliphatic carbocycles. The average Bonchev–Trinajstić information content (AvgIpc) is 2.77. The number of thioether (sulfide) groups is 1. The monoisotopic (exact) mass is 261 g/mol. The van der Waals surface area contributed by atoms with E-state index in [0.717, 1.165) is 17.3 Å². The summed E-state index contributed by atoms with van der Waals surface area (Å²) < 4.78 is 5.65. The van der Waals surface area contributed by atoms with Crippen LogP contribution in [0, 0.1) is 13.8 Å². The van der Waals surface area contributed by atoms with E-state index in [2.05, 4.69) is 31.2 Å². The summed E-state index contributed by atoms with van der Waals surface area (Å²) in [7, 11) is 0. The Hall–Kier alpha value is -1.19. The Balaban J connectivity index is 1.99. The van der Waals surface area contributed by atoms with Crippen LogP contribution in [0.1, 0.15) is 27.9 Å². The molecule has 0 saturated carbocycles. The van der Waals surface area contributed by atoms with Gasteiger partial charge in [-0.05, 0) is 31.5 Å². The first kappa shape index (κ1) is 13.2. The minimum absolute atomic E-state index is 0.235. The van der Waals surface area contributed by atoms with Crippen molar-refractivity contribution >= 4 is 11.8 Å². The highest BCUT2D eigenvalue weighted by atomic mass is 32.2. The van der Waals surface area contributed by atoms with Gasteiger partial charge in [0.1, 0.15) is 11.5 Å². The van der Waals surface area contributed by atoms with E-state index in [1.54, 1.807) is 0 Å². The zero-order chi connectivity index (χ0) is 13.0. The van der Waals surface area contributed by atoms with E-state index >= 15 is 0 Å². The highest BCUT2D eigenvalue weighted by molar-refractivity contribution is 7.98. The molecule has 2 aromatic rings. The van der Waals surface area contributed by atoms with Gasteiger partial charge in [-0.3, -0.25) is 0 Å². The molecule has 18 heavy (non-hydrogen) atoms. The third kappa shape index (κ3) is 3.40. The van der Waals surface area contributed by atoms with Crippen LogP contribution in [-0.2, 0) is 5.75 Å². The summed E-state index contributed by atoms with van der Waals surface area (Å²) in [5.41, 5.74) is 8.46. The first-order valence-corrected chi connectivity index (χ1v) is 7.17. The minimum atomic E-state index is 0.235. The van der Waals surface area contributed by atoms with Crippen molar-refractivity contribution in [2.45, 2.75) is 24.9 Å². The number of furan rings is 1. The zero-order valence-corrected chi connectivity index (χ0v) is 11.7. The standard InChI is InChI=1S/C15H19NOS/c1-11-4-3-5-13(8-11)10-18-15(9-16)14-7-6-12(2)17-14/h3-8,15H,9-10,16H2,1-2H3. The largest absolute Gasteiger partial charge is 0.465 e. The molecule has 2 rings (SSSR count). The second-order valence-electron chi connectivity index (χ2n) is 4.47. The highest BCUT2D eigenvalue weighted by Gasteiger charge is 2.14. The maximum absolute atomic E-state index is 5.83. The number of hydrogen-bond donors (Lipinski definition) is 1. The van der Waals surface area contributed by atoms with Gasteiger partial charge in [-0.15, -0.1) is 11.8 Å². The predicted molar refractivity (Wildman–Crippen MR) is 77.7 cm³/mol. The second kappa shape index (κ2) is 6.12. The number of nitrogens with two attached hydrogens (primary N) is 1. The summed E-state index contributed by atoms with van der Waals surface area (Å²) in [5, 5.41) is 0.235. The van der Waals surface area contributed by atoms with Gasteiger partial charge >= 0.3 is 0 Å². The number of aryl methyl sites for hydroxylation is 2. The van der Waals surface area contributed by atoms with Gasteiger partial charge < -0.3 is 10.2 Å². The lowest BCUT2D eigenvalue weighted by atomic mass is 10.2. The molecule has 96 valence electrons. The van der Waals surface area contributed by atoms with Crippen molar-refractivity contribution in [1.29, 1.82) is 0 Å². The van der Waals surface area contributed by atoms with E-state index < -0.39 is 0 Å². The van der Waals surface area contributed by atoms with Crippen LogP contribution in [0.3, 0.4) is 0 Å². The first-order chi connectivity index (χ1) is 8.69. The summed E-state index contributed by atoms with van der Waals surface area (Å²) in [6, 6.07) is 12.6. The Labute approximate surface area is 113 Å². The Morgan fingerprint density at radius 2 is 2.06 bits per heavy atom. The zero-order valence-electron chi connectivity index (χ0n) is 10.8. The number of rotatable bonds is 5. The minimum Gasteiger partial charge on any atom is -0.465 e. The van der Waals surface area contributed by atoms with E-state index in [1.807, 2.05) is 30.8 Å². The third-order valence-electron chi connectivity index (χ3n) is 2.83. The fraction of sp³-hybridized carbons (Fsp3) is 0.333. The van der Waals surface area contributed by atoms with Gasteiger partial charge in [0.05, 0.1) is 5.25 Å². The van der Waals surface area contributed by atoms with Crippen molar-refractivity contribution in [2.24, 2.45) is 5.73 Å². The van der Waals surface area contributed by atoms with E-state index in [1.165, 1.54) is 11.1 Å². The Kier molecular flexibility index (Phi) is 4.50. The van der Waals surface area contributed by atoms with Gasteiger partial charge in [0, 0.05) is 12.3 Å². The summed E-state index contributed by atoms with van der Waals surface area (Å²) in [5.74, 6) is 2.88. The molecule has 3 heteroatoms. The van der Waals surface area contributed by atoms with E-state index in [-0.39, 0.29) is 5.25 Å². The molecule has 2 N–H and O–H groups in total. The topological polar surface area (TPSA) is 39.2 Å². The summed E-state index contributed by atoms with van der Waals surface area (Å²) >= 11 is 1.83. The average molecular weight is 261 g/mol. The van der Waals surface area contributed by atoms with Gasteiger partial charge in [-0.2, -0.15) is 0 Å². The van der Waals surface area contributed by atoms with Crippen LogP contribution in [0.5, 0.6) is 0 Å². The molecule has 1 aromatic heterocycles. The lowest BCUT2D eigenvalue weighted by Gasteiger charge is -2.12. The fourth-order valence-electron chi connectivity index (χ4n) is 1.89. The maximum Gasteiger partial charge on any atom is 0.118 e. The molecule has 0 spiro atoms. The molecule has 1 unspecified atom stereocenters. The van der Waals surface area contributed by atoms with Crippen LogP contribution in [0.2, 0.25) is 0 Å². The maximum atomic E-state index is 5.83. The molecule has 0 saturated heterocycles. The van der Waals surface area contributed by atoms with Gasteiger partial charge in [0.2, 0.25) is 0 Å². The molecule has 0 amide bonds. The number of hydrogen-bond acceptors (Lipinski definition) is 3. The highest BCUT2D eigenvalue weighted by Crippen LogP contribution is 2.31. The van der Waals surface area contributed by atoms with Crippen LogP contribution in [0.25, 0.3) is 0 Å². The molecule has 1 heterocycles. The third-order valence-corrected chi connectivity index (χ3v) is 4.15. The molecular formula is C15H19NOS. The van der Waals surface area contributed by atoms with Crippen LogP contribution in [-0.4, -0.2) is 6.54 Å². The second-order valence-corrected chi connectivity index (χ2v) is 5.66. The molecule has 0 radical (unpaired) electrons. The summed E-state index contributed by atoms with van der Waals surface area (Å²) in [6.07, 6.45) is 0. The predicted octanol–water partition coefficient (Wildman–Crippen LogP) is 3.83. The van der Waals surface area contributed by atoms with E-state index in [0.29, 0.717) is 6.54 Å². The normalized spacial score (nSPS) is 12.6. The Morgan fingerprint density at radius 3 is 2.67 bits per heavy atom. The van der Waals surface area contributed by atoms with Crippen molar-refractivity contribution in [3.63, 3.8) is 0 Å². The summed E-state index contributed by atoms with van der Waals surface area (Å²) in [4.78, 5) is 0. The fourth-order valence-corrected chi connectivity index (χ4v) is 2.89. The Morgan fingerprint density at radius 1 is 1.22 bits per heavy atom. The van der Waals surface area contributed by atoms with Crippen LogP contribution in [0.4, 0.5) is 0 Å². The van der Waals surface area contributed by atoms with Crippen LogP contribution < -0.4 is 5.73 Å². The lowest BCUT2D eigenvalue weighted by Crippen LogP contribution is -2.08. The summed E-state index contributed by atoms with van der Waals surface area (Å²) in [6.45, 7) is 4.68. The molecule has 1 aromatic carbocycles. The molecule has 0 aliphatic heterocycles. The smallest absolute Gasteiger partial charge is 0.118 e. The SMILES string of the molecule is Cc1cccc(CSC(CN)c2ccc(C)o2)c1. The van der Waals surface area contributed by atoms with Gasteiger partial charge in [0.15, 0.2) is 0 Å². The number of benzene rings is 1. The first-order valence-electron chi connectivity index (χ1n) is 6.12. The van der Waals surface area contributed by atoms with Crippen LogP contribution in [0.15, 0.2) is 40.8 Å². The van der Waals surface area contributed by atoms with Crippen molar-refractivity contribution in [1.82, 2.24) is 0 Å². The molecule has 2 nitrogen and oxygen atoms in total. The Bertz CT molecular complexity index is 507. The van der Waals surface area contributed by atoms with Gasteiger partial charge in [-0.25, -0.2) is 0 Å². The van der Waals surface area contributed by atoms with Crippen molar-refractivity contribution in [3.8, 4) is 0 Å². The molecule has 1 atom stereocenters. The van der Waals surface area contributed by atoms with E-state index in [4.69, 9.17) is 10.2 Å². The van der Waals surface area contributed by atoms with Crippen molar-refractivity contribution in [3.05, 3.63) is 59.0 Å².